The highest BCUT2D eigenvalue weighted by Gasteiger charge is 2.42. The van der Waals surface area contributed by atoms with Crippen molar-refractivity contribution in [2.24, 2.45) is 0 Å². The Hall–Kier alpha value is -1.70. The molecule has 2 amide bonds. The zero-order valence-corrected chi connectivity index (χ0v) is 19.0. The van der Waals surface area contributed by atoms with Gasteiger partial charge in [0.25, 0.3) is 5.91 Å². The fourth-order valence-corrected chi connectivity index (χ4v) is 5.55. The number of rotatable bonds is 4. The first kappa shape index (κ1) is 20.6. The number of thiophene rings is 1. The molecule has 2 N–H and O–H groups in total. The monoisotopic (exact) mass is 475 g/mol. The maximum absolute atomic E-state index is 13.3. The molecule has 2 aromatic rings. The Morgan fingerprint density at radius 1 is 1.07 bits per heavy atom. The molecule has 0 saturated heterocycles. The molecular formula is C22H26BrN3O2S. The maximum atomic E-state index is 13.3. The number of amides is 2. The molecule has 0 spiro atoms. The van der Waals surface area contributed by atoms with Crippen molar-refractivity contribution in [3.8, 4) is 0 Å². The zero-order chi connectivity index (χ0) is 20.4. The standard InChI is InChI=1S/C22H26BrN3O2S/c1-26-12-8-15-4-5-17(14-16(15)9-13-26)24-21(28)22(10-2-3-11-22)25-20(27)18-6-7-19(23)29-18/h4-7,14H,2-3,8-13H2,1H3,(H,24,28)(H,25,27). The lowest BCUT2D eigenvalue weighted by Gasteiger charge is -2.29. The molecule has 154 valence electrons. The van der Waals surface area contributed by atoms with Crippen LogP contribution in [0.1, 0.15) is 46.5 Å². The quantitative estimate of drug-likeness (QED) is 0.695. The minimum atomic E-state index is -0.833. The van der Waals surface area contributed by atoms with Crippen molar-refractivity contribution in [2.45, 2.75) is 44.1 Å². The Balaban J connectivity index is 1.50. The van der Waals surface area contributed by atoms with E-state index in [0.29, 0.717) is 17.7 Å². The second kappa shape index (κ2) is 8.58. The Kier molecular flexibility index (Phi) is 6.08. The topological polar surface area (TPSA) is 61.4 Å². The third-order valence-corrected chi connectivity index (χ3v) is 7.65. The number of hydrogen-bond donors (Lipinski definition) is 2. The average molecular weight is 476 g/mol. The first-order valence-electron chi connectivity index (χ1n) is 10.1. The van der Waals surface area contributed by atoms with Crippen molar-refractivity contribution < 1.29 is 9.59 Å². The van der Waals surface area contributed by atoms with E-state index < -0.39 is 5.54 Å². The number of anilines is 1. The fraction of sp³-hybridized carbons (Fsp3) is 0.455. The highest BCUT2D eigenvalue weighted by atomic mass is 79.9. The molecule has 0 bridgehead atoms. The second-order valence-corrected chi connectivity index (χ2v) is 10.6. The van der Waals surface area contributed by atoms with Crippen LogP contribution < -0.4 is 10.6 Å². The molecule has 0 unspecified atom stereocenters. The van der Waals surface area contributed by atoms with Crippen molar-refractivity contribution in [1.29, 1.82) is 0 Å². The predicted molar refractivity (Wildman–Crippen MR) is 121 cm³/mol. The number of benzene rings is 1. The highest BCUT2D eigenvalue weighted by molar-refractivity contribution is 9.11. The first-order chi connectivity index (χ1) is 13.9. The Morgan fingerprint density at radius 3 is 2.48 bits per heavy atom. The molecule has 1 aliphatic heterocycles. The molecule has 1 fully saturated rings. The van der Waals surface area contributed by atoms with E-state index in [2.05, 4.69) is 50.6 Å². The summed E-state index contributed by atoms with van der Waals surface area (Å²) in [6.45, 7) is 2.09. The average Bonchev–Trinajstić information content (AvgIpc) is 3.31. The summed E-state index contributed by atoms with van der Waals surface area (Å²) in [6, 6.07) is 9.87. The fourth-order valence-electron chi connectivity index (χ4n) is 4.27. The SMILES string of the molecule is CN1CCc2ccc(NC(=O)C3(NC(=O)c4ccc(Br)s4)CCCC3)cc2CC1. The predicted octanol–water partition coefficient (Wildman–Crippen LogP) is 4.22. The molecule has 0 radical (unpaired) electrons. The minimum absolute atomic E-state index is 0.107. The lowest BCUT2D eigenvalue weighted by atomic mass is 9.95. The summed E-state index contributed by atoms with van der Waals surface area (Å²) in [4.78, 5) is 28.9. The number of fused-ring (bicyclic) bond motifs is 1. The Morgan fingerprint density at radius 2 is 1.79 bits per heavy atom. The van der Waals surface area contributed by atoms with Gasteiger partial charge in [0.05, 0.1) is 8.66 Å². The minimum Gasteiger partial charge on any atom is -0.337 e. The van der Waals surface area contributed by atoms with Gasteiger partial charge in [0.15, 0.2) is 0 Å². The van der Waals surface area contributed by atoms with Crippen LogP contribution in [-0.4, -0.2) is 42.4 Å². The van der Waals surface area contributed by atoms with E-state index >= 15 is 0 Å². The van der Waals surface area contributed by atoms with Gasteiger partial charge in [-0.1, -0.05) is 18.9 Å². The molecule has 0 atom stereocenters. The van der Waals surface area contributed by atoms with Crippen molar-refractivity contribution >= 4 is 44.8 Å². The van der Waals surface area contributed by atoms with Gasteiger partial charge in [-0.15, -0.1) is 11.3 Å². The van der Waals surface area contributed by atoms with Crippen LogP contribution in [0.4, 0.5) is 5.69 Å². The number of halogens is 1. The molecule has 1 saturated carbocycles. The van der Waals surface area contributed by atoms with Crippen LogP contribution in [0.5, 0.6) is 0 Å². The van der Waals surface area contributed by atoms with Gasteiger partial charge in [-0.2, -0.15) is 0 Å². The van der Waals surface area contributed by atoms with Crippen molar-refractivity contribution in [3.05, 3.63) is 50.1 Å². The summed E-state index contributed by atoms with van der Waals surface area (Å²) >= 11 is 4.78. The molecule has 2 aliphatic rings. The van der Waals surface area contributed by atoms with Crippen LogP contribution in [0.15, 0.2) is 34.1 Å². The molecule has 7 heteroatoms. The van der Waals surface area contributed by atoms with Gasteiger partial charge >= 0.3 is 0 Å². The van der Waals surface area contributed by atoms with Gasteiger partial charge in [-0.3, -0.25) is 9.59 Å². The van der Waals surface area contributed by atoms with Gasteiger partial charge in [-0.25, -0.2) is 0 Å². The van der Waals surface area contributed by atoms with E-state index in [1.54, 1.807) is 6.07 Å². The van der Waals surface area contributed by atoms with Crippen LogP contribution >= 0.6 is 27.3 Å². The molecule has 1 aromatic carbocycles. The third kappa shape index (κ3) is 4.57. The van der Waals surface area contributed by atoms with E-state index in [4.69, 9.17) is 0 Å². The van der Waals surface area contributed by atoms with Crippen LogP contribution in [-0.2, 0) is 17.6 Å². The van der Waals surface area contributed by atoms with Gasteiger partial charge < -0.3 is 15.5 Å². The second-order valence-electron chi connectivity index (χ2n) is 8.09. The van der Waals surface area contributed by atoms with Crippen LogP contribution in [0.3, 0.4) is 0 Å². The number of likely N-dealkylation sites (N-methyl/N-ethyl adjacent to an activating group) is 1. The van der Waals surface area contributed by atoms with Gasteiger partial charge in [-0.05, 0) is 84.1 Å². The van der Waals surface area contributed by atoms with Gasteiger partial charge in [0, 0.05) is 18.8 Å². The molecule has 5 nitrogen and oxygen atoms in total. The number of nitrogens with one attached hydrogen (secondary N) is 2. The summed E-state index contributed by atoms with van der Waals surface area (Å²) < 4.78 is 0.906. The number of nitrogens with zero attached hydrogens (tertiary/aromatic N) is 1. The van der Waals surface area contributed by atoms with Crippen LogP contribution in [0.2, 0.25) is 0 Å². The number of hydrogen-bond acceptors (Lipinski definition) is 4. The van der Waals surface area contributed by atoms with Crippen molar-refractivity contribution in [1.82, 2.24) is 10.2 Å². The largest absolute Gasteiger partial charge is 0.337 e. The summed E-state index contributed by atoms with van der Waals surface area (Å²) in [5, 5.41) is 6.15. The normalized spacial score (nSPS) is 18.7. The lowest BCUT2D eigenvalue weighted by Crippen LogP contribution is -2.54. The van der Waals surface area contributed by atoms with E-state index in [9.17, 15) is 9.59 Å². The summed E-state index contributed by atoms with van der Waals surface area (Å²) in [7, 11) is 2.15. The summed E-state index contributed by atoms with van der Waals surface area (Å²) in [6.07, 6.45) is 5.26. The molecular weight excluding hydrogens is 450 g/mol. The Labute approximate surface area is 184 Å². The van der Waals surface area contributed by atoms with Crippen LogP contribution in [0.25, 0.3) is 0 Å². The lowest BCUT2D eigenvalue weighted by molar-refractivity contribution is -0.122. The maximum Gasteiger partial charge on any atom is 0.262 e. The third-order valence-electron chi connectivity index (χ3n) is 6.03. The highest BCUT2D eigenvalue weighted by Crippen LogP contribution is 2.32. The summed E-state index contributed by atoms with van der Waals surface area (Å²) in [5.41, 5.74) is 2.65. The molecule has 4 rings (SSSR count). The van der Waals surface area contributed by atoms with E-state index in [-0.39, 0.29) is 11.8 Å². The molecule has 1 aliphatic carbocycles. The van der Waals surface area contributed by atoms with Crippen LogP contribution in [0, 0.1) is 0 Å². The first-order valence-corrected chi connectivity index (χ1v) is 11.8. The number of carbonyl (C=O) groups excluding carboxylic acids is 2. The zero-order valence-electron chi connectivity index (χ0n) is 16.6. The van der Waals surface area contributed by atoms with E-state index in [1.807, 2.05) is 12.1 Å². The van der Waals surface area contributed by atoms with Crippen molar-refractivity contribution in [2.75, 3.05) is 25.5 Å². The molecule has 1 aromatic heterocycles. The molecule has 29 heavy (non-hydrogen) atoms. The van der Waals surface area contributed by atoms with E-state index in [1.165, 1.54) is 22.5 Å². The number of carbonyl (C=O) groups is 2. The molecule has 2 heterocycles. The van der Waals surface area contributed by atoms with Crippen molar-refractivity contribution in [3.63, 3.8) is 0 Å². The van der Waals surface area contributed by atoms with Gasteiger partial charge in [0.1, 0.15) is 5.54 Å². The Bertz CT molecular complexity index is 921. The van der Waals surface area contributed by atoms with Gasteiger partial charge in [0.2, 0.25) is 5.91 Å². The van der Waals surface area contributed by atoms with E-state index in [0.717, 1.165) is 48.2 Å². The summed E-state index contributed by atoms with van der Waals surface area (Å²) in [5.74, 6) is -0.285. The smallest absolute Gasteiger partial charge is 0.262 e.